The largest absolute Gasteiger partial charge is 0.486 e. The van der Waals surface area contributed by atoms with Crippen molar-refractivity contribution in [2.24, 2.45) is 0 Å². The van der Waals surface area contributed by atoms with Gasteiger partial charge in [-0.05, 0) is 31.5 Å². The van der Waals surface area contributed by atoms with Crippen molar-refractivity contribution in [1.82, 2.24) is 5.32 Å². The molecule has 82 valence electrons. The van der Waals surface area contributed by atoms with E-state index in [0.29, 0.717) is 0 Å². The van der Waals surface area contributed by atoms with Crippen molar-refractivity contribution < 1.29 is 9.13 Å². The van der Waals surface area contributed by atoms with Crippen molar-refractivity contribution in [3.05, 3.63) is 29.0 Å². The van der Waals surface area contributed by atoms with Crippen LogP contribution in [0.15, 0.2) is 18.2 Å². The summed E-state index contributed by atoms with van der Waals surface area (Å²) in [4.78, 5) is 0. The molecule has 0 bridgehead atoms. The van der Waals surface area contributed by atoms with Crippen molar-refractivity contribution in [2.75, 3.05) is 13.1 Å². The topological polar surface area (TPSA) is 21.3 Å². The van der Waals surface area contributed by atoms with E-state index in [1.165, 1.54) is 6.07 Å². The predicted molar refractivity (Wildman–Crippen MR) is 57.9 cm³/mol. The quantitative estimate of drug-likeness (QED) is 0.842. The summed E-state index contributed by atoms with van der Waals surface area (Å²) in [5.41, 5.74) is 0. The summed E-state index contributed by atoms with van der Waals surface area (Å²) >= 11 is 5.66. The Bertz CT molecular complexity index is 339. The van der Waals surface area contributed by atoms with Gasteiger partial charge in [0.15, 0.2) is 11.6 Å². The Hall–Kier alpha value is -0.800. The zero-order valence-electron chi connectivity index (χ0n) is 8.30. The first-order chi connectivity index (χ1) is 7.27. The highest BCUT2D eigenvalue weighted by Crippen LogP contribution is 2.25. The first kappa shape index (κ1) is 10.7. The van der Waals surface area contributed by atoms with E-state index in [9.17, 15) is 4.39 Å². The third kappa shape index (κ3) is 2.61. The summed E-state index contributed by atoms with van der Waals surface area (Å²) in [5, 5.41) is 3.32. The van der Waals surface area contributed by atoms with Crippen LogP contribution in [-0.4, -0.2) is 19.2 Å². The van der Waals surface area contributed by atoms with Gasteiger partial charge in [-0.25, -0.2) is 4.39 Å². The Morgan fingerprint density at radius 2 is 2.33 bits per heavy atom. The van der Waals surface area contributed by atoms with Gasteiger partial charge in [0.05, 0.1) is 5.02 Å². The molecule has 1 atom stereocenters. The number of hydrogen-bond acceptors (Lipinski definition) is 2. The van der Waals surface area contributed by atoms with Gasteiger partial charge in [0.2, 0.25) is 0 Å². The number of benzene rings is 1. The molecule has 1 heterocycles. The molecule has 1 saturated heterocycles. The molecule has 1 aliphatic heterocycles. The molecule has 1 N–H and O–H groups in total. The number of hydrogen-bond donors (Lipinski definition) is 1. The number of rotatable bonds is 2. The van der Waals surface area contributed by atoms with Crippen molar-refractivity contribution in [2.45, 2.75) is 18.9 Å². The zero-order chi connectivity index (χ0) is 10.7. The van der Waals surface area contributed by atoms with Crippen LogP contribution in [0.3, 0.4) is 0 Å². The molecule has 0 aliphatic carbocycles. The van der Waals surface area contributed by atoms with Crippen molar-refractivity contribution >= 4 is 11.6 Å². The second-order valence-electron chi connectivity index (χ2n) is 3.64. The van der Waals surface area contributed by atoms with Crippen molar-refractivity contribution in [3.63, 3.8) is 0 Å². The third-order valence-corrected chi connectivity index (χ3v) is 2.75. The van der Waals surface area contributed by atoms with Gasteiger partial charge < -0.3 is 10.1 Å². The highest BCUT2D eigenvalue weighted by Gasteiger charge is 2.16. The fourth-order valence-corrected chi connectivity index (χ4v) is 1.84. The summed E-state index contributed by atoms with van der Waals surface area (Å²) in [6.45, 7) is 1.78. The lowest BCUT2D eigenvalue weighted by Crippen LogP contribution is -2.37. The molecular formula is C11H13ClFNO. The van der Waals surface area contributed by atoms with Crippen LogP contribution in [0.4, 0.5) is 4.39 Å². The fourth-order valence-electron chi connectivity index (χ4n) is 1.68. The zero-order valence-corrected chi connectivity index (χ0v) is 9.06. The second-order valence-corrected chi connectivity index (χ2v) is 4.05. The molecular weight excluding hydrogens is 217 g/mol. The van der Waals surface area contributed by atoms with E-state index in [4.69, 9.17) is 16.3 Å². The highest BCUT2D eigenvalue weighted by atomic mass is 35.5. The van der Waals surface area contributed by atoms with Gasteiger partial charge in [-0.15, -0.1) is 0 Å². The molecule has 0 aromatic heterocycles. The number of nitrogens with one attached hydrogen (secondary N) is 1. The number of ether oxygens (including phenoxy) is 1. The maximum atomic E-state index is 13.5. The Morgan fingerprint density at radius 1 is 1.47 bits per heavy atom. The summed E-state index contributed by atoms with van der Waals surface area (Å²) < 4.78 is 19.0. The minimum atomic E-state index is -0.468. The van der Waals surface area contributed by atoms with E-state index in [-0.39, 0.29) is 16.9 Å². The van der Waals surface area contributed by atoms with Crippen LogP contribution in [0.5, 0.6) is 5.75 Å². The van der Waals surface area contributed by atoms with E-state index < -0.39 is 5.82 Å². The van der Waals surface area contributed by atoms with E-state index in [2.05, 4.69) is 5.32 Å². The number of piperidine rings is 1. The standard InChI is InChI=1S/C11H13ClFNO/c12-9-4-1-5-10(11(9)13)15-8-3-2-6-14-7-8/h1,4-5,8,14H,2-3,6-7H2. The maximum Gasteiger partial charge on any atom is 0.183 e. The van der Waals surface area contributed by atoms with Crippen LogP contribution in [-0.2, 0) is 0 Å². The molecule has 1 aliphatic rings. The van der Waals surface area contributed by atoms with E-state index in [1.807, 2.05) is 0 Å². The fraction of sp³-hybridized carbons (Fsp3) is 0.455. The van der Waals surface area contributed by atoms with Gasteiger partial charge in [-0.1, -0.05) is 17.7 Å². The Morgan fingerprint density at radius 3 is 3.07 bits per heavy atom. The Labute approximate surface area is 93.4 Å². The lowest BCUT2D eigenvalue weighted by molar-refractivity contribution is 0.160. The highest BCUT2D eigenvalue weighted by molar-refractivity contribution is 6.30. The molecule has 2 rings (SSSR count). The van der Waals surface area contributed by atoms with Gasteiger partial charge in [-0.3, -0.25) is 0 Å². The first-order valence-electron chi connectivity index (χ1n) is 5.09. The van der Waals surface area contributed by atoms with Crippen LogP contribution in [0.25, 0.3) is 0 Å². The van der Waals surface area contributed by atoms with Gasteiger partial charge in [0.25, 0.3) is 0 Å². The molecule has 1 aromatic rings. The molecule has 0 amide bonds. The average Bonchev–Trinajstić information content (AvgIpc) is 2.26. The molecule has 1 fully saturated rings. The van der Waals surface area contributed by atoms with E-state index >= 15 is 0 Å². The average molecular weight is 230 g/mol. The van der Waals surface area contributed by atoms with Crippen molar-refractivity contribution in [1.29, 1.82) is 0 Å². The molecule has 2 nitrogen and oxygen atoms in total. The van der Waals surface area contributed by atoms with Crippen LogP contribution >= 0.6 is 11.6 Å². The van der Waals surface area contributed by atoms with Gasteiger partial charge in [0.1, 0.15) is 6.10 Å². The van der Waals surface area contributed by atoms with E-state index in [0.717, 1.165) is 25.9 Å². The predicted octanol–water partition coefficient (Wildman–Crippen LogP) is 2.61. The smallest absolute Gasteiger partial charge is 0.183 e. The molecule has 1 unspecified atom stereocenters. The minimum absolute atomic E-state index is 0.0479. The molecule has 0 spiro atoms. The minimum Gasteiger partial charge on any atom is -0.486 e. The van der Waals surface area contributed by atoms with Crippen LogP contribution in [0.1, 0.15) is 12.8 Å². The normalized spacial score (nSPS) is 21.3. The van der Waals surface area contributed by atoms with Gasteiger partial charge in [0, 0.05) is 6.54 Å². The molecule has 0 radical (unpaired) electrons. The lowest BCUT2D eigenvalue weighted by atomic mass is 10.1. The van der Waals surface area contributed by atoms with Crippen molar-refractivity contribution in [3.8, 4) is 5.75 Å². The molecule has 1 aromatic carbocycles. The lowest BCUT2D eigenvalue weighted by Gasteiger charge is -2.24. The first-order valence-corrected chi connectivity index (χ1v) is 5.46. The third-order valence-electron chi connectivity index (χ3n) is 2.46. The van der Waals surface area contributed by atoms with Crippen LogP contribution in [0.2, 0.25) is 5.02 Å². The summed E-state index contributed by atoms with van der Waals surface area (Å²) in [5.74, 6) is -0.221. The van der Waals surface area contributed by atoms with Crippen LogP contribution in [0, 0.1) is 5.82 Å². The van der Waals surface area contributed by atoms with Crippen LogP contribution < -0.4 is 10.1 Å². The van der Waals surface area contributed by atoms with Gasteiger partial charge >= 0.3 is 0 Å². The summed E-state index contributed by atoms with van der Waals surface area (Å²) in [7, 11) is 0. The monoisotopic (exact) mass is 229 g/mol. The van der Waals surface area contributed by atoms with Gasteiger partial charge in [-0.2, -0.15) is 0 Å². The molecule has 4 heteroatoms. The molecule has 15 heavy (non-hydrogen) atoms. The Kier molecular flexibility index (Phi) is 3.44. The SMILES string of the molecule is Fc1c(Cl)cccc1OC1CCCNC1. The number of halogens is 2. The summed E-state index contributed by atoms with van der Waals surface area (Å²) in [6, 6.07) is 4.82. The Balaban J connectivity index is 2.06. The molecule has 0 saturated carbocycles. The maximum absolute atomic E-state index is 13.5. The van der Waals surface area contributed by atoms with E-state index in [1.54, 1.807) is 12.1 Å². The summed E-state index contributed by atoms with van der Waals surface area (Å²) in [6.07, 6.45) is 2.07. The second kappa shape index (κ2) is 4.81.